The van der Waals surface area contributed by atoms with Crippen LogP contribution in [0.25, 0.3) is 0 Å². The zero-order valence-corrected chi connectivity index (χ0v) is 17.6. The van der Waals surface area contributed by atoms with E-state index in [0.29, 0.717) is 15.1 Å². The van der Waals surface area contributed by atoms with Gasteiger partial charge in [-0.15, -0.1) is 11.3 Å². The zero-order valence-electron chi connectivity index (χ0n) is 16.0. The lowest BCUT2D eigenvalue weighted by atomic mass is 9.69. The molecule has 2 aliphatic rings. The zero-order chi connectivity index (χ0) is 19.1. The summed E-state index contributed by atoms with van der Waals surface area (Å²) >= 11 is 7.36. The molecule has 4 nitrogen and oxygen atoms in total. The van der Waals surface area contributed by atoms with Crippen molar-refractivity contribution < 1.29 is 9.59 Å². The molecule has 6 heteroatoms. The Kier molecular flexibility index (Phi) is 5.69. The van der Waals surface area contributed by atoms with Gasteiger partial charge in [-0.25, -0.2) is 0 Å². The summed E-state index contributed by atoms with van der Waals surface area (Å²) in [7, 11) is 0. The number of hydrogen-bond acceptors (Lipinski definition) is 3. The molecule has 2 bridgehead atoms. The average Bonchev–Trinajstić information content (AvgIpc) is 3.25. The lowest BCUT2D eigenvalue weighted by Gasteiger charge is -2.37. The molecule has 1 N–H and O–H groups in total. The van der Waals surface area contributed by atoms with Gasteiger partial charge in [-0.1, -0.05) is 25.4 Å². The van der Waals surface area contributed by atoms with E-state index in [9.17, 15) is 9.59 Å². The predicted octanol–water partition coefficient (Wildman–Crippen LogP) is 4.73. The van der Waals surface area contributed by atoms with Crippen molar-refractivity contribution in [1.29, 1.82) is 0 Å². The molecule has 0 aromatic carbocycles. The van der Waals surface area contributed by atoms with Gasteiger partial charge in [0.15, 0.2) is 0 Å². The third-order valence-electron chi connectivity index (χ3n) is 5.80. The third kappa shape index (κ3) is 3.53. The van der Waals surface area contributed by atoms with Crippen molar-refractivity contribution in [3.05, 3.63) is 21.3 Å². The van der Waals surface area contributed by atoms with Gasteiger partial charge < -0.3 is 10.2 Å². The predicted molar refractivity (Wildman–Crippen MR) is 107 cm³/mol. The summed E-state index contributed by atoms with van der Waals surface area (Å²) in [5.74, 6) is 0.707. The molecular weight excluding hydrogens is 368 g/mol. The quantitative estimate of drug-likeness (QED) is 0.755. The Bertz CT molecular complexity index is 687. The molecule has 2 amide bonds. The molecule has 1 aromatic heterocycles. The molecule has 2 saturated heterocycles. The fraction of sp³-hybridized carbons (Fsp3) is 0.700. The van der Waals surface area contributed by atoms with Crippen LogP contribution in [0.5, 0.6) is 0 Å². The number of carbonyl (C=O) groups excluding carboxylic acids is 2. The van der Waals surface area contributed by atoms with Crippen LogP contribution in [0, 0.1) is 11.3 Å². The van der Waals surface area contributed by atoms with Crippen LogP contribution in [0.3, 0.4) is 0 Å². The molecule has 3 rings (SSSR count). The van der Waals surface area contributed by atoms with Crippen LogP contribution in [-0.2, 0) is 4.79 Å². The number of amides is 2. The first-order valence-corrected chi connectivity index (χ1v) is 10.8. The maximum absolute atomic E-state index is 13.2. The highest BCUT2D eigenvalue weighted by Crippen LogP contribution is 2.53. The van der Waals surface area contributed by atoms with Gasteiger partial charge in [-0.05, 0) is 64.0 Å². The van der Waals surface area contributed by atoms with Crippen molar-refractivity contribution in [2.45, 2.75) is 77.9 Å². The number of fused-ring (bicyclic) bond motifs is 2. The standard InChI is InChI=1S/C20H29ClN2O2S/c1-12(2)9-10-20(19(25)22-13(3)4)11-14-5-7-16(20)23(14)18(24)15-6-8-17(21)26-15/h6,8,12-14,16H,5,7,9-11H2,1-4H3,(H,22,25)/t14-,16+,20+/m1/s1. The topological polar surface area (TPSA) is 49.4 Å². The van der Waals surface area contributed by atoms with E-state index in [1.54, 1.807) is 12.1 Å². The van der Waals surface area contributed by atoms with E-state index in [2.05, 4.69) is 19.2 Å². The monoisotopic (exact) mass is 396 g/mol. The van der Waals surface area contributed by atoms with Gasteiger partial charge in [0.2, 0.25) is 5.91 Å². The van der Waals surface area contributed by atoms with Crippen LogP contribution < -0.4 is 5.32 Å². The summed E-state index contributed by atoms with van der Waals surface area (Å²) in [6.07, 6.45) is 4.54. The van der Waals surface area contributed by atoms with Gasteiger partial charge in [0.1, 0.15) is 0 Å². The second kappa shape index (κ2) is 7.51. The molecule has 0 spiro atoms. The number of carbonyl (C=O) groups is 2. The smallest absolute Gasteiger partial charge is 0.264 e. The minimum absolute atomic E-state index is 0.00150. The van der Waals surface area contributed by atoms with Crippen molar-refractivity contribution in [3.8, 4) is 0 Å². The molecule has 0 aliphatic carbocycles. The van der Waals surface area contributed by atoms with E-state index in [-0.39, 0.29) is 29.9 Å². The molecule has 1 aromatic rings. The van der Waals surface area contributed by atoms with Crippen LogP contribution in [-0.4, -0.2) is 34.8 Å². The van der Waals surface area contributed by atoms with Crippen LogP contribution in [0.1, 0.15) is 69.5 Å². The van der Waals surface area contributed by atoms with Crippen molar-refractivity contribution in [2.75, 3.05) is 0 Å². The van der Waals surface area contributed by atoms with E-state index in [0.717, 1.165) is 32.1 Å². The fourth-order valence-corrected chi connectivity index (χ4v) is 5.61. The maximum atomic E-state index is 13.2. The molecule has 26 heavy (non-hydrogen) atoms. The highest BCUT2D eigenvalue weighted by molar-refractivity contribution is 7.18. The molecular formula is C20H29ClN2O2S. The first-order valence-electron chi connectivity index (χ1n) is 9.63. The summed E-state index contributed by atoms with van der Waals surface area (Å²) in [5.41, 5.74) is -0.450. The van der Waals surface area contributed by atoms with Crippen LogP contribution >= 0.6 is 22.9 Å². The number of nitrogens with zero attached hydrogens (tertiary/aromatic N) is 1. The molecule has 2 aliphatic heterocycles. The summed E-state index contributed by atoms with van der Waals surface area (Å²) < 4.78 is 0.628. The van der Waals surface area contributed by atoms with Crippen LogP contribution in [0.2, 0.25) is 4.34 Å². The van der Waals surface area contributed by atoms with E-state index in [1.165, 1.54) is 11.3 Å². The van der Waals surface area contributed by atoms with Crippen molar-refractivity contribution in [3.63, 3.8) is 0 Å². The average molecular weight is 397 g/mol. The summed E-state index contributed by atoms with van der Waals surface area (Å²) in [6, 6.07) is 3.85. The van der Waals surface area contributed by atoms with E-state index in [4.69, 9.17) is 11.6 Å². The number of rotatable bonds is 6. The van der Waals surface area contributed by atoms with Gasteiger partial charge in [0.25, 0.3) is 5.91 Å². The number of hydrogen-bond donors (Lipinski definition) is 1. The Morgan fingerprint density at radius 2 is 2.04 bits per heavy atom. The second-order valence-corrected chi connectivity index (χ2v) is 10.2. The Hall–Kier alpha value is -1.07. The molecule has 3 atom stereocenters. The Morgan fingerprint density at radius 1 is 1.31 bits per heavy atom. The minimum Gasteiger partial charge on any atom is -0.353 e. The fourth-order valence-electron chi connectivity index (χ4n) is 4.62. The van der Waals surface area contributed by atoms with E-state index < -0.39 is 5.41 Å². The molecule has 144 valence electrons. The van der Waals surface area contributed by atoms with Crippen LogP contribution in [0.4, 0.5) is 0 Å². The molecule has 3 heterocycles. The lowest BCUT2D eigenvalue weighted by molar-refractivity contribution is -0.134. The minimum atomic E-state index is -0.450. The van der Waals surface area contributed by atoms with Crippen LogP contribution in [0.15, 0.2) is 12.1 Å². The third-order valence-corrected chi connectivity index (χ3v) is 7.02. The van der Waals surface area contributed by atoms with Crippen molar-refractivity contribution in [2.24, 2.45) is 11.3 Å². The highest BCUT2D eigenvalue weighted by Gasteiger charge is 2.60. The SMILES string of the molecule is CC(C)CC[C@]1(C(=O)NC(C)C)C[C@H]2CC[C@@H]1N2C(=O)c1ccc(Cl)s1. The molecule has 0 saturated carbocycles. The first kappa shape index (κ1) is 19.7. The van der Waals surface area contributed by atoms with Crippen molar-refractivity contribution >= 4 is 34.8 Å². The van der Waals surface area contributed by atoms with Crippen molar-refractivity contribution in [1.82, 2.24) is 10.2 Å². The second-order valence-electron chi connectivity index (χ2n) is 8.48. The molecule has 2 fully saturated rings. The number of thiophene rings is 1. The lowest BCUT2D eigenvalue weighted by Crippen LogP contribution is -2.51. The highest BCUT2D eigenvalue weighted by atomic mass is 35.5. The largest absolute Gasteiger partial charge is 0.353 e. The Morgan fingerprint density at radius 3 is 2.62 bits per heavy atom. The van der Waals surface area contributed by atoms with Gasteiger partial charge in [0.05, 0.1) is 14.6 Å². The van der Waals surface area contributed by atoms with E-state index in [1.807, 2.05) is 18.7 Å². The van der Waals surface area contributed by atoms with Gasteiger partial charge in [-0.2, -0.15) is 0 Å². The maximum Gasteiger partial charge on any atom is 0.264 e. The first-order chi connectivity index (χ1) is 12.2. The van der Waals surface area contributed by atoms with E-state index >= 15 is 0 Å². The Balaban J connectivity index is 1.89. The Labute approximate surface area is 165 Å². The normalized spacial score (nSPS) is 27.6. The molecule has 0 radical (unpaired) electrons. The number of halogens is 1. The summed E-state index contributed by atoms with van der Waals surface area (Å²) in [4.78, 5) is 29.0. The number of nitrogens with one attached hydrogen (secondary N) is 1. The summed E-state index contributed by atoms with van der Waals surface area (Å²) in [5, 5.41) is 3.14. The van der Waals surface area contributed by atoms with Gasteiger partial charge in [0, 0.05) is 18.1 Å². The molecule has 0 unspecified atom stereocenters. The van der Waals surface area contributed by atoms with Gasteiger partial charge >= 0.3 is 0 Å². The van der Waals surface area contributed by atoms with Gasteiger partial charge in [-0.3, -0.25) is 9.59 Å². The summed E-state index contributed by atoms with van der Waals surface area (Å²) in [6.45, 7) is 8.38.